The van der Waals surface area contributed by atoms with Crippen LogP contribution in [0.15, 0.2) is 94.6 Å². The summed E-state index contributed by atoms with van der Waals surface area (Å²) in [6.45, 7) is 0. The molecule has 0 saturated heterocycles. The first-order valence-corrected chi connectivity index (χ1v) is 11.8. The topological polar surface area (TPSA) is 140 Å². The van der Waals surface area contributed by atoms with Crippen LogP contribution in [0.2, 0.25) is 0 Å². The van der Waals surface area contributed by atoms with E-state index in [0.29, 0.717) is 16.6 Å². The number of rotatable bonds is 8. The molecule has 0 radical (unpaired) electrons. The molecule has 0 aliphatic rings. The van der Waals surface area contributed by atoms with Crippen LogP contribution in [0.1, 0.15) is 17.2 Å². The second kappa shape index (κ2) is 9.98. The molecule has 3 aromatic carbocycles. The van der Waals surface area contributed by atoms with Gasteiger partial charge >= 0.3 is 5.69 Å². The fourth-order valence-electron chi connectivity index (χ4n) is 4.58. The van der Waals surface area contributed by atoms with Crippen LogP contribution in [-0.4, -0.2) is 32.5 Å². The predicted octanol–water partition coefficient (Wildman–Crippen LogP) is 1.43. The van der Waals surface area contributed by atoms with Gasteiger partial charge in [-0.05, 0) is 35.7 Å². The Balaban J connectivity index is 1.57. The molecule has 37 heavy (non-hydrogen) atoms. The summed E-state index contributed by atoms with van der Waals surface area (Å²) in [6.07, 6.45) is 1.67. The number of nitrogens with one attached hydrogen (secondary N) is 3. The quantitative estimate of drug-likeness (QED) is 0.299. The molecule has 3 N–H and O–H groups in total. The Labute approximate surface area is 210 Å². The van der Waals surface area contributed by atoms with Crippen molar-refractivity contribution in [3.63, 3.8) is 0 Å². The van der Waals surface area contributed by atoms with E-state index in [1.807, 2.05) is 24.3 Å². The average molecular weight is 496 g/mol. The molecule has 0 aliphatic carbocycles. The largest absolute Gasteiger partial charge is 0.548 e. The highest BCUT2D eigenvalue weighted by molar-refractivity contribution is 5.88. The zero-order valence-corrected chi connectivity index (χ0v) is 19.6. The Kier molecular flexibility index (Phi) is 6.42. The number of carbonyl (C=O) groups excluding carboxylic acids is 2. The van der Waals surface area contributed by atoms with Crippen molar-refractivity contribution in [3.8, 4) is 0 Å². The minimum atomic E-state index is -1.47. The third-order valence-electron chi connectivity index (χ3n) is 6.42. The van der Waals surface area contributed by atoms with Crippen LogP contribution in [0.3, 0.4) is 0 Å². The molecule has 0 aliphatic heterocycles. The van der Waals surface area contributed by atoms with Gasteiger partial charge in [-0.25, -0.2) is 9.36 Å². The maximum absolute atomic E-state index is 13.6. The molecule has 186 valence electrons. The van der Waals surface area contributed by atoms with E-state index in [4.69, 9.17) is 0 Å². The summed E-state index contributed by atoms with van der Waals surface area (Å²) in [4.78, 5) is 57.9. The van der Waals surface area contributed by atoms with E-state index in [1.165, 1.54) is 0 Å². The summed E-state index contributed by atoms with van der Waals surface area (Å²) in [7, 11) is 0. The Bertz CT molecular complexity index is 1720. The van der Waals surface area contributed by atoms with E-state index in [0.717, 1.165) is 15.5 Å². The normalized spacial score (nSPS) is 12.9. The predicted molar refractivity (Wildman–Crippen MR) is 137 cm³/mol. The van der Waals surface area contributed by atoms with E-state index >= 15 is 0 Å². The van der Waals surface area contributed by atoms with Gasteiger partial charge < -0.3 is 25.2 Å². The lowest BCUT2D eigenvalue weighted by molar-refractivity contribution is -0.308. The van der Waals surface area contributed by atoms with Crippen molar-refractivity contribution in [3.05, 3.63) is 117 Å². The zero-order valence-electron chi connectivity index (χ0n) is 19.6. The van der Waals surface area contributed by atoms with Crippen LogP contribution in [0, 0.1) is 0 Å². The highest BCUT2D eigenvalue weighted by Crippen LogP contribution is 2.22. The molecule has 0 fully saturated rings. The number of carboxylic acids is 1. The molecular weight excluding hydrogens is 472 g/mol. The van der Waals surface area contributed by atoms with Crippen molar-refractivity contribution in [1.82, 2.24) is 19.9 Å². The number of nitrogens with zero attached hydrogens (tertiary/aromatic N) is 1. The number of aromatic nitrogens is 3. The summed E-state index contributed by atoms with van der Waals surface area (Å²) in [5.41, 5.74) is 1.14. The second-order valence-corrected chi connectivity index (χ2v) is 8.80. The Morgan fingerprint density at radius 3 is 2.22 bits per heavy atom. The molecule has 0 saturated carbocycles. The van der Waals surface area contributed by atoms with Gasteiger partial charge in [-0.3, -0.25) is 9.59 Å². The van der Waals surface area contributed by atoms with Gasteiger partial charge in [-0.1, -0.05) is 60.7 Å². The van der Waals surface area contributed by atoms with Gasteiger partial charge in [-0.2, -0.15) is 0 Å². The van der Waals surface area contributed by atoms with Crippen molar-refractivity contribution in [1.29, 1.82) is 0 Å². The monoisotopic (exact) mass is 495 g/mol. The van der Waals surface area contributed by atoms with Gasteiger partial charge in [0.15, 0.2) is 0 Å². The van der Waals surface area contributed by atoms with Crippen LogP contribution >= 0.6 is 0 Å². The maximum Gasteiger partial charge on any atom is 0.329 e. The van der Waals surface area contributed by atoms with Gasteiger partial charge in [0.2, 0.25) is 5.91 Å². The Hall–Kier alpha value is -4.92. The van der Waals surface area contributed by atoms with Crippen molar-refractivity contribution in [2.45, 2.75) is 24.9 Å². The van der Waals surface area contributed by atoms with E-state index in [1.54, 1.807) is 60.8 Å². The number of aliphatic carboxylic acids is 1. The molecule has 9 nitrogen and oxygen atoms in total. The van der Waals surface area contributed by atoms with Crippen molar-refractivity contribution in [2.75, 3.05) is 0 Å². The van der Waals surface area contributed by atoms with Crippen molar-refractivity contribution in [2.24, 2.45) is 0 Å². The van der Waals surface area contributed by atoms with E-state index in [9.17, 15) is 24.3 Å². The summed E-state index contributed by atoms with van der Waals surface area (Å²) in [5.74, 6) is -2.25. The highest BCUT2D eigenvalue weighted by Gasteiger charge is 2.28. The first-order valence-electron chi connectivity index (χ1n) is 11.8. The summed E-state index contributed by atoms with van der Waals surface area (Å²) < 4.78 is 0.855. The number of para-hydroxylation sites is 2. The molecular formula is C28H23N4O5-. The number of carboxylic acid groups (broad SMARTS) is 1. The smallest absolute Gasteiger partial charge is 0.329 e. The molecule has 5 aromatic rings. The van der Waals surface area contributed by atoms with Crippen molar-refractivity contribution >= 4 is 33.7 Å². The summed E-state index contributed by atoms with van der Waals surface area (Å²) in [6, 6.07) is 20.1. The number of fused-ring (bicyclic) bond motifs is 2. The van der Waals surface area contributed by atoms with E-state index < -0.39 is 35.2 Å². The molecule has 2 heterocycles. The molecule has 2 aromatic heterocycles. The molecule has 0 unspecified atom stereocenters. The SMILES string of the molecule is O=C([O-])[C@H](Cc1ccccc1)NC(=O)[C@H](Cc1c[nH]c2ccccc12)n1c(=O)[nH]c2ccccc2c1=O. The van der Waals surface area contributed by atoms with Crippen LogP contribution in [0.25, 0.3) is 21.8 Å². The average Bonchev–Trinajstić information content (AvgIpc) is 3.31. The van der Waals surface area contributed by atoms with Gasteiger partial charge in [0, 0.05) is 23.5 Å². The molecule has 5 rings (SSSR count). The highest BCUT2D eigenvalue weighted by atomic mass is 16.4. The van der Waals surface area contributed by atoms with Crippen molar-refractivity contribution < 1.29 is 14.7 Å². The maximum atomic E-state index is 13.6. The standard InChI is InChI=1S/C28H24N4O5/c33-25(30-23(27(35)36)14-17-8-2-1-3-9-17)24(15-18-16-29-21-12-6-4-10-19(18)21)32-26(34)20-11-5-7-13-22(20)31-28(32)37/h1-13,16,23-24,29H,14-15H2,(H,30,33)(H,31,37)(H,35,36)/p-1/t23-,24-/m0/s1. The number of aromatic amines is 2. The molecule has 0 bridgehead atoms. The van der Waals surface area contributed by atoms with E-state index in [2.05, 4.69) is 15.3 Å². The van der Waals surface area contributed by atoms with Gasteiger partial charge in [-0.15, -0.1) is 0 Å². The molecule has 2 atom stereocenters. The minimum absolute atomic E-state index is 0.0162. The summed E-state index contributed by atoms with van der Waals surface area (Å²) in [5, 5.41) is 15.5. The van der Waals surface area contributed by atoms with Gasteiger partial charge in [0.05, 0.1) is 22.9 Å². The lowest BCUT2D eigenvalue weighted by Crippen LogP contribution is -2.53. The Morgan fingerprint density at radius 1 is 0.838 bits per heavy atom. The Morgan fingerprint density at radius 2 is 1.49 bits per heavy atom. The number of hydrogen-bond acceptors (Lipinski definition) is 5. The van der Waals surface area contributed by atoms with Gasteiger partial charge in [0.25, 0.3) is 5.56 Å². The third kappa shape index (κ3) is 4.79. The fraction of sp³-hybridized carbons (Fsp3) is 0.143. The first-order chi connectivity index (χ1) is 17.9. The molecule has 0 spiro atoms. The third-order valence-corrected chi connectivity index (χ3v) is 6.42. The lowest BCUT2D eigenvalue weighted by Gasteiger charge is -2.24. The van der Waals surface area contributed by atoms with E-state index in [-0.39, 0.29) is 18.2 Å². The molecule has 9 heteroatoms. The van der Waals surface area contributed by atoms with Crippen LogP contribution < -0.4 is 21.7 Å². The van der Waals surface area contributed by atoms with Crippen LogP contribution in [0.5, 0.6) is 0 Å². The summed E-state index contributed by atoms with van der Waals surface area (Å²) >= 11 is 0. The minimum Gasteiger partial charge on any atom is -0.548 e. The fourth-order valence-corrected chi connectivity index (χ4v) is 4.58. The lowest BCUT2D eigenvalue weighted by atomic mass is 10.0. The second-order valence-electron chi connectivity index (χ2n) is 8.80. The number of hydrogen-bond donors (Lipinski definition) is 3. The van der Waals surface area contributed by atoms with Crippen LogP contribution in [-0.2, 0) is 22.4 Å². The number of H-pyrrole nitrogens is 2. The van der Waals surface area contributed by atoms with Gasteiger partial charge in [0.1, 0.15) is 6.04 Å². The number of carbonyl (C=O) groups is 2. The first kappa shape index (κ1) is 23.8. The van der Waals surface area contributed by atoms with Crippen LogP contribution in [0.4, 0.5) is 0 Å². The number of amides is 1. The zero-order chi connectivity index (χ0) is 25.9. The molecule has 1 amide bonds. The number of benzene rings is 3.